The smallest absolute Gasteiger partial charge is 0.329 e. The van der Waals surface area contributed by atoms with Gasteiger partial charge in [-0.15, -0.1) is 11.3 Å². The molecular weight excluding hydrogens is 576 g/mol. The summed E-state index contributed by atoms with van der Waals surface area (Å²) in [5, 5.41) is 7.59. The van der Waals surface area contributed by atoms with E-state index in [4.69, 9.17) is 4.74 Å². The highest BCUT2D eigenvalue weighted by Gasteiger charge is 2.34. The number of thiazole rings is 1. The summed E-state index contributed by atoms with van der Waals surface area (Å²) in [5.74, 6) is -1.86. The summed E-state index contributed by atoms with van der Waals surface area (Å²) in [4.78, 5) is 69.8. The number of rotatable bonds is 11. The van der Waals surface area contributed by atoms with Gasteiger partial charge in [0.05, 0.1) is 13.0 Å². The van der Waals surface area contributed by atoms with Crippen LogP contribution in [0.4, 0.5) is 0 Å². The summed E-state index contributed by atoms with van der Waals surface area (Å²) in [7, 11) is 1.48. The molecule has 3 amide bonds. The number of carbonyl (C=O) groups excluding carboxylic acids is 5. The number of unbranched alkanes of at least 4 members (excludes halogenated alkanes) is 4. The molecule has 2 rings (SSSR count). The average Bonchev–Trinajstić information content (AvgIpc) is 3.42. The number of likely N-dealkylation sites (N-methyl/N-ethyl adjacent to an activating group) is 1. The van der Waals surface area contributed by atoms with E-state index >= 15 is 0 Å². The van der Waals surface area contributed by atoms with E-state index in [9.17, 15) is 24.0 Å². The minimum Gasteiger partial charge on any atom is -0.456 e. The molecule has 0 saturated carbocycles. The molecule has 2 heterocycles. The molecule has 12 heteroatoms. The highest BCUT2D eigenvalue weighted by molar-refractivity contribution is 8.13. The van der Waals surface area contributed by atoms with Gasteiger partial charge < -0.3 is 20.3 Å². The second-order valence-electron chi connectivity index (χ2n) is 10.4. The lowest BCUT2D eigenvalue weighted by Gasteiger charge is -2.31. The van der Waals surface area contributed by atoms with Crippen LogP contribution >= 0.6 is 23.1 Å². The topological polar surface area (TPSA) is 135 Å². The minimum absolute atomic E-state index is 0.0142. The van der Waals surface area contributed by atoms with Gasteiger partial charge in [-0.1, -0.05) is 70.4 Å². The predicted molar refractivity (Wildman–Crippen MR) is 166 cm³/mol. The van der Waals surface area contributed by atoms with E-state index in [2.05, 4.69) is 22.5 Å². The highest BCUT2D eigenvalue weighted by Crippen LogP contribution is 2.18. The predicted octanol–water partition coefficient (Wildman–Crippen LogP) is 4.76. The molecule has 2 atom stereocenters. The summed E-state index contributed by atoms with van der Waals surface area (Å²) >= 11 is 2.50. The molecule has 0 fully saturated rings. The fourth-order valence-corrected chi connectivity index (χ4v) is 5.84. The second kappa shape index (κ2) is 18.5. The number of aromatic nitrogens is 1. The van der Waals surface area contributed by atoms with E-state index in [0.717, 1.165) is 19.3 Å². The molecule has 42 heavy (non-hydrogen) atoms. The van der Waals surface area contributed by atoms with Gasteiger partial charge in [-0.05, 0) is 31.8 Å². The molecule has 0 spiro atoms. The van der Waals surface area contributed by atoms with Gasteiger partial charge >= 0.3 is 5.97 Å². The number of ether oxygens (including phenoxy) is 1. The van der Waals surface area contributed by atoms with Crippen LogP contribution in [0.3, 0.4) is 0 Å². The summed E-state index contributed by atoms with van der Waals surface area (Å²) in [6.07, 6.45) is 10.6. The van der Waals surface area contributed by atoms with E-state index in [0.29, 0.717) is 23.6 Å². The maximum atomic E-state index is 13.4. The largest absolute Gasteiger partial charge is 0.456 e. The molecule has 0 saturated heterocycles. The van der Waals surface area contributed by atoms with Crippen LogP contribution in [-0.2, 0) is 30.5 Å². The number of cyclic esters (lactones) is 1. The Kier molecular flexibility index (Phi) is 15.5. The van der Waals surface area contributed by atoms with Crippen molar-refractivity contribution in [2.75, 3.05) is 12.8 Å². The molecule has 0 aromatic carbocycles. The van der Waals surface area contributed by atoms with Crippen molar-refractivity contribution in [3.05, 3.63) is 40.0 Å². The number of hydrogen-bond acceptors (Lipinski definition) is 9. The van der Waals surface area contributed by atoms with E-state index in [-0.39, 0.29) is 41.3 Å². The Morgan fingerprint density at radius 1 is 1.21 bits per heavy atom. The van der Waals surface area contributed by atoms with Gasteiger partial charge in [0.15, 0.2) is 5.12 Å². The first-order chi connectivity index (χ1) is 20.1. The average molecular weight is 621 g/mol. The first-order valence-corrected chi connectivity index (χ1v) is 16.4. The van der Waals surface area contributed by atoms with Gasteiger partial charge in [0.25, 0.3) is 11.8 Å². The van der Waals surface area contributed by atoms with E-state index in [1.54, 1.807) is 32.2 Å². The zero-order chi connectivity index (χ0) is 31.1. The third-order valence-corrected chi connectivity index (χ3v) is 8.45. The van der Waals surface area contributed by atoms with E-state index in [1.807, 2.05) is 6.08 Å². The molecule has 1 aliphatic heterocycles. The van der Waals surface area contributed by atoms with Crippen molar-refractivity contribution < 1.29 is 28.7 Å². The molecule has 0 radical (unpaired) electrons. The monoisotopic (exact) mass is 620 g/mol. The number of thioether (sulfide) groups is 1. The molecule has 0 unspecified atom stereocenters. The second-order valence-corrected chi connectivity index (χ2v) is 12.5. The van der Waals surface area contributed by atoms with Crippen molar-refractivity contribution in [3.8, 4) is 0 Å². The van der Waals surface area contributed by atoms with Gasteiger partial charge in [-0.25, -0.2) is 9.78 Å². The summed E-state index contributed by atoms with van der Waals surface area (Å²) in [6.45, 7) is 7.45. The van der Waals surface area contributed by atoms with Gasteiger partial charge in [0.2, 0.25) is 5.91 Å². The molecule has 2 N–H and O–H groups in total. The Bertz CT molecular complexity index is 1150. The summed E-state index contributed by atoms with van der Waals surface area (Å²) in [6, 6.07) is -0.965. The fraction of sp³-hybridized carbons (Fsp3) is 0.600. The lowest BCUT2D eigenvalue weighted by atomic mass is 10.0. The number of fused-ring (bicyclic) bond motifs is 2. The SMILES string of the molecule is C/C=C1\NC(=O)c2csc(n2)CNC(=O)C[C@@H](/C=C/CCSC(=O)CCCCCCC)OC(=O)[C@H](C(C)C)N(C)C1=O. The maximum absolute atomic E-state index is 13.4. The fourth-order valence-electron chi connectivity index (χ4n) is 4.36. The van der Waals surface area contributed by atoms with Crippen LogP contribution in [0.2, 0.25) is 0 Å². The minimum atomic E-state index is -0.965. The number of allylic oxidation sites excluding steroid dienone is 2. The molecule has 1 aromatic heterocycles. The number of nitrogens with one attached hydrogen (secondary N) is 2. The molecule has 1 aliphatic rings. The molecule has 10 nitrogen and oxygen atoms in total. The van der Waals surface area contributed by atoms with Crippen molar-refractivity contribution >= 4 is 51.9 Å². The highest BCUT2D eigenvalue weighted by atomic mass is 32.2. The summed E-state index contributed by atoms with van der Waals surface area (Å²) < 4.78 is 5.77. The zero-order valence-corrected chi connectivity index (χ0v) is 26.9. The van der Waals surface area contributed by atoms with Gasteiger partial charge in [0.1, 0.15) is 28.5 Å². The van der Waals surface area contributed by atoms with Crippen LogP contribution in [0.25, 0.3) is 0 Å². The Balaban J connectivity index is 2.15. The first kappa shape index (κ1) is 35.2. The Labute approximate surface area is 257 Å². The van der Waals surface area contributed by atoms with E-state index < -0.39 is 29.9 Å². The first-order valence-electron chi connectivity index (χ1n) is 14.6. The standard InChI is InChI=1S/C30H44N4O6S2/c1-6-8-9-10-11-15-26(36)41-16-13-12-14-21-17-24(35)31-18-25-32-23(19-42-25)28(37)33-22(7-2)29(38)34(5)27(20(3)4)30(39)40-21/h7,12,14,19-21,27H,6,8-11,13,15-18H2,1-5H3,(H,31,35)(H,33,37)/b14-12+,22-7-/t21-,27+/m1/s1. The zero-order valence-electron chi connectivity index (χ0n) is 25.3. The molecular formula is C30H44N4O6S2. The van der Waals surface area contributed by atoms with Gasteiger partial charge in [0, 0.05) is 24.6 Å². The molecule has 2 bridgehead atoms. The molecule has 1 aromatic rings. The van der Waals surface area contributed by atoms with Crippen LogP contribution in [-0.4, -0.2) is 63.6 Å². The number of amides is 3. The lowest BCUT2D eigenvalue weighted by Crippen LogP contribution is -2.49. The Morgan fingerprint density at radius 2 is 1.95 bits per heavy atom. The maximum Gasteiger partial charge on any atom is 0.329 e. The molecule has 0 aliphatic carbocycles. The van der Waals surface area contributed by atoms with Crippen molar-refractivity contribution in [1.29, 1.82) is 0 Å². The Hall–Kier alpha value is -2.99. The number of carbonyl (C=O) groups is 5. The van der Waals surface area contributed by atoms with Crippen molar-refractivity contribution in [2.24, 2.45) is 5.92 Å². The number of nitrogens with zero attached hydrogens (tertiary/aromatic N) is 2. The van der Waals surface area contributed by atoms with Crippen molar-refractivity contribution in [2.45, 2.75) is 97.8 Å². The van der Waals surface area contributed by atoms with E-state index in [1.165, 1.54) is 54.0 Å². The van der Waals surface area contributed by atoms with Crippen LogP contribution < -0.4 is 10.6 Å². The third-order valence-electron chi connectivity index (χ3n) is 6.64. The summed E-state index contributed by atoms with van der Waals surface area (Å²) in [5.41, 5.74) is 0.139. The normalized spacial score (nSPS) is 20.2. The van der Waals surface area contributed by atoms with Gasteiger partial charge in [-0.3, -0.25) is 19.2 Å². The van der Waals surface area contributed by atoms with Crippen molar-refractivity contribution in [3.63, 3.8) is 0 Å². The van der Waals surface area contributed by atoms with Crippen LogP contribution in [0, 0.1) is 5.92 Å². The van der Waals surface area contributed by atoms with Gasteiger partial charge in [-0.2, -0.15) is 0 Å². The third kappa shape index (κ3) is 11.7. The quantitative estimate of drug-likeness (QED) is 0.157. The number of hydrogen-bond donors (Lipinski definition) is 2. The van der Waals surface area contributed by atoms with Crippen LogP contribution in [0.5, 0.6) is 0 Å². The van der Waals surface area contributed by atoms with Crippen LogP contribution in [0.15, 0.2) is 29.3 Å². The van der Waals surface area contributed by atoms with Crippen molar-refractivity contribution in [1.82, 2.24) is 20.5 Å². The Morgan fingerprint density at radius 3 is 2.64 bits per heavy atom. The van der Waals surface area contributed by atoms with Crippen LogP contribution in [0.1, 0.15) is 94.6 Å². The number of esters is 1. The lowest BCUT2D eigenvalue weighted by molar-refractivity contribution is -0.158. The molecule has 232 valence electrons.